The third kappa shape index (κ3) is 5.85. The molecule has 3 heteroatoms. The molecular formula is C15H30N2O. The topological polar surface area (TPSA) is 41.1 Å². The van der Waals surface area contributed by atoms with Crippen LogP contribution in [0.15, 0.2) is 0 Å². The minimum absolute atomic E-state index is 0.168. The molecule has 0 aromatic rings. The van der Waals surface area contributed by atoms with Gasteiger partial charge in [0.2, 0.25) is 5.91 Å². The Balaban J connectivity index is 2.19. The highest BCUT2D eigenvalue weighted by Crippen LogP contribution is 2.28. The van der Waals surface area contributed by atoms with Gasteiger partial charge in [0, 0.05) is 18.5 Å². The van der Waals surface area contributed by atoms with Crippen molar-refractivity contribution in [3.63, 3.8) is 0 Å². The lowest BCUT2D eigenvalue weighted by Crippen LogP contribution is -2.41. The van der Waals surface area contributed by atoms with Gasteiger partial charge in [0.05, 0.1) is 0 Å². The van der Waals surface area contributed by atoms with Gasteiger partial charge in [0.15, 0.2) is 0 Å². The summed E-state index contributed by atoms with van der Waals surface area (Å²) in [6.45, 7) is 7.96. The lowest BCUT2D eigenvalue weighted by molar-refractivity contribution is -0.125. The van der Waals surface area contributed by atoms with Crippen molar-refractivity contribution < 1.29 is 4.79 Å². The van der Waals surface area contributed by atoms with E-state index in [9.17, 15) is 4.79 Å². The summed E-state index contributed by atoms with van der Waals surface area (Å²) >= 11 is 0. The molecule has 1 aliphatic rings. The van der Waals surface area contributed by atoms with Crippen LogP contribution < -0.4 is 10.6 Å². The molecule has 1 saturated carbocycles. The van der Waals surface area contributed by atoms with Crippen LogP contribution in [-0.4, -0.2) is 25.0 Å². The van der Waals surface area contributed by atoms with Gasteiger partial charge in [-0.1, -0.05) is 46.0 Å². The molecule has 106 valence electrons. The highest BCUT2D eigenvalue weighted by Gasteiger charge is 2.20. The first kappa shape index (κ1) is 15.5. The van der Waals surface area contributed by atoms with E-state index in [-0.39, 0.29) is 11.8 Å². The molecule has 0 aromatic heterocycles. The molecule has 1 amide bonds. The molecular weight excluding hydrogens is 224 g/mol. The second kappa shape index (κ2) is 8.52. The fourth-order valence-corrected chi connectivity index (χ4v) is 2.88. The Labute approximate surface area is 112 Å². The van der Waals surface area contributed by atoms with E-state index in [0.717, 1.165) is 25.4 Å². The number of likely N-dealkylation sites (N-methyl/N-ethyl adjacent to an activating group) is 1. The summed E-state index contributed by atoms with van der Waals surface area (Å²) < 4.78 is 0. The maximum atomic E-state index is 12.0. The van der Waals surface area contributed by atoms with Gasteiger partial charge in [-0.2, -0.15) is 0 Å². The number of amides is 1. The van der Waals surface area contributed by atoms with E-state index in [1.807, 2.05) is 0 Å². The van der Waals surface area contributed by atoms with Crippen molar-refractivity contribution in [3.8, 4) is 0 Å². The fraction of sp³-hybridized carbons (Fsp3) is 0.933. The minimum atomic E-state index is 0.168. The van der Waals surface area contributed by atoms with Crippen molar-refractivity contribution in [3.05, 3.63) is 0 Å². The van der Waals surface area contributed by atoms with Crippen LogP contribution in [0.3, 0.4) is 0 Å². The van der Waals surface area contributed by atoms with E-state index in [1.54, 1.807) is 0 Å². The predicted molar refractivity (Wildman–Crippen MR) is 76.5 cm³/mol. The molecule has 0 heterocycles. The summed E-state index contributed by atoms with van der Waals surface area (Å²) in [5.41, 5.74) is 0. The maximum Gasteiger partial charge on any atom is 0.222 e. The SMILES string of the molecule is CCN[C@H](C)CNC(=O)C(C)CC1CCCCC1. The largest absolute Gasteiger partial charge is 0.354 e. The van der Waals surface area contributed by atoms with Gasteiger partial charge in [0.1, 0.15) is 0 Å². The third-order valence-electron chi connectivity index (χ3n) is 3.99. The summed E-state index contributed by atoms with van der Waals surface area (Å²) in [7, 11) is 0. The maximum absolute atomic E-state index is 12.0. The Hall–Kier alpha value is -0.570. The Kier molecular flexibility index (Phi) is 7.33. The van der Waals surface area contributed by atoms with Crippen LogP contribution in [0.2, 0.25) is 0 Å². The first-order valence-electron chi connectivity index (χ1n) is 7.64. The van der Waals surface area contributed by atoms with Crippen LogP contribution in [0.1, 0.15) is 59.3 Å². The molecule has 0 bridgehead atoms. The molecule has 1 fully saturated rings. The molecule has 2 N–H and O–H groups in total. The molecule has 1 aliphatic carbocycles. The molecule has 2 atom stereocenters. The van der Waals surface area contributed by atoms with Gasteiger partial charge in [-0.05, 0) is 25.8 Å². The zero-order valence-corrected chi connectivity index (χ0v) is 12.3. The zero-order chi connectivity index (χ0) is 13.4. The van der Waals surface area contributed by atoms with Gasteiger partial charge in [-0.3, -0.25) is 4.79 Å². The molecule has 0 spiro atoms. The van der Waals surface area contributed by atoms with E-state index in [2.05, 4.69) is 31.4 Å². The van der Waals surface area contributed by atoms with Crippen molar-refractivity contribution in [2.75, 3.05) is 13.1 Å². The van der Waals surface area contributed by atoms with E-state index in [4.69, 9.17) is 0 Å². The predicted octanol–water partition coefficient (Wildman–Crippen LogP) is 2.71. The summed E-state index contributed by atoms with van der Waals surface area (Å²) in [5, 5.41) is 6.36. The lowest BCUT2D eigenvalue weighted by atomic mass is 9.83. The minimum Gasteiger partial charge on any atom is -0.354 e. The highest BCUT2D eigenvalue weighted by molar-refractivity contribution is 5.78. The Bertz CT molecular complexity index is 237. The molecule has 1 rings (SSSR count). The number of carbonyl (C=O) groups is 1. The van der Waals surface area contributed by atoms with Crippen molar-refractivity contribution in [2.45, 2.75) is 65.3 Å². The second-order valence-electron chi connectivity index (χ2n) is 5.84. The Morgan fingerprint density at radius 1 is 1.22 bits per heavy atom. The molecule has 0 radical (unpaired) electrons. The molecule has 0 aromatic carbocycles. The van der Waals surface area contributed by atoms with E-state index in [0.29, 0.717) is 6.04 Å². The third-order valence-corrected chi connectivity index (χ3v) is 3.99. The van der Waals surface area contributed by atoms with Crippen LogP contribution in [0, 0.1) is 11.8 Å². The summed E-state index contributed by atoms with van der Waals surface area (Å²) in [5.74, 6) is 1.18. The summed E-state index contributed by atoms with van der Waals surface area (Å²) in [6, 6.07) is 0.362. The highest BCUT2D eigenvalue weighted by atomic mass is 16.1. The standard InChI is InChI=1S/C15H30N2O/c1-4-16-13(3)11-17-15(18)12(2)10-14-8-6-5-7-9-14/h12-14,16H,4-11H2,1-3H3,(H,17,18)/t12?,13-/m1/s1. The van der Waals surface area contributed by atoms with E-state index < -0.39 is 0 Å². The summed E-state index contributed by atoms with van der Waals surface area (Å²) in [6.07, 6.45) is 7.82. The van der Waals surface area contributed by atoms with Crippen molar-refractivity contribution in [1.82, 2.24) is 10.6 Å². The van der Waals surface area contributed by atoms with Crippen LogP contribution in [-0.2, 0) is 4.79 Å². The summed E-state index contributed by atoms with van der Waals surface area (Å²) in [4.78, 5) is 12.0. The van der Waals surface area contributed by atoms with Crippen LogP contribution in [0.5, 0.6) is 0 Å². The number of carbonyl (C=O) groups excluding carboxylic acids is 1. The van der Waals surface area contributed by atoms with Crippen LogP contribution in [0.25, 0.3) is 0 Å². The van der Waals surface area contributed by atoms with Gasteiger partial charge in [-0.25, -0.2) is 0 Å². The number of nitrogens with one attached hydrogen (secondary N) is 2. The lowest BCUT2D eigenvalue weighted by Gasteiger charge is -2.24. The molecule has 0 aliphatic heterocycles. The average molecular weight is 254 g/mol. The number of hydrogen-bond acceptors (Lipinski definition) is 2. The van der Waals surface area contributed by atoms with Crippen molar-refractivity contribution in [1.29, 1.82) is 0 Å². The molecule has 1 unspecified atom stereocenters. The quantitative estimate of drug-likeness (QED) is 0.733. The van der Waals surface area contributed by atoms with Gasteiger partial charge in [0.25, 0.3) is 0 Å². The monoisotopic (exact) mass is 254 g/mol. The van der Waals surface area contributed by atoms with Crippen LogP contribution >= 0.6 is 0 Å². The fourth-order valence-electron chi connectivity index (χ4n) is 2.88. The number of rotatable bonds is 7. The Morgan fingerprint density at radius 2 is 1.89 bits per heavy atom. The average Bonchev–Trinajstić information content (AvgIpc) is 2.37. The normalized spacial score (nSPS) is 20.4. The van der Waals surface area contributed by atoms with E-state index >= 15 is 0 Å². The van der Waals surface area contributed by atoms with Gasteiger partial charge < -0.3 is 10.6 Å². The van der Waals surface area contributed by atoms with Crippen LogP contribution in [0.4, 0.5) is 0 Å². The Morgan fingerprint density at radius 3 is 2.50 bits per heavy atom. The van der Waals surface area contributed by atoms with Gasteiger partial charge >= 0.3 is 0 Å². The molecule has 0 saturated heterocycles. The van der Waals surface area contributed by atoms with Crippen molar-refractivity contribution >= 4 is 5.91 Å². The van der Waals surface area contributed by atoms with Crippen molar-refractivity contribution in [2.24, 2.45) is 11.8 Å². The van der Waals surface area contributed by atoms with E-state index in [1.165, 1.54) is 32.1 Å². The molecule has 18 heavy (non-hydrogen) atoms. The second-order valence-corrected chi connectivity index (χ2v) is 5.84. The smallest absolute Gasteiger partial charge is 0.222 e. The van der Waals surface area contributed by atoms with Gasteiger partial charge in [-0.15, -0.1) is 0 Å². The first-order chi connectivity index (χ1) is 8.63. The molecule has 3 nitrogen and oxygen atoms in total. The first-order valence-corrected chi connectivity index (χ1v) is 7.64. The zero-order valence-electron chi connectivity index (χ0n) is 12.3. The number of hydrogen-bond donors (Lipinski definition) is 2.